The van der Waals surface area contributed by atoms with Crippen molar-refractivity contribution in [2.45, 2.75) is 20.3 Å². The Morgan fingerprint density at radius 2 is 1.71 bits per heavy atom. The van der Waals surface area contributed by atoms with E-state index in [1.807, 2.05) is 23.1 Å². The highest BCUT2D eigenvalue weighted by atomic mass is 16.2. The number of piperazine rings is 1. The van der Waals surface area contributed by atoms with Gasteiger partial charge in [-0.3, -0.25) is 9.59 Å². The maximum Gasteiger partial charge on any atom is 0.272 e. The van der Waals surface area contributed by atoms with Crippen molar-refractivity contribution in [2.75, 3.05) is 31.1 Å². The highest BCUT2D eigenvalue weighted by Crippen LogP contribution is 2.24. The Hall–Kier alpha value is -3.15. The van der Waals surface area contributed by atoms with Crippen LogP contribution in [0.3, 0.4) is 0 Å². The summed E-state index contributed by atoms with van der Waals surface area (Å²) in [5, 5.41) is 7.95. The second-order valence-electron chi connectivity index (χ2n) is 7.31. The SMILES string of the molecule is Cc1cccc(N2CCN(C(=O)Cc3n[nH]c(=O)c4ccccc34)CC2)c1C. The molecule has 1 fully saturated rings. The molecule has 1 N–H and O–H groups in total. The summed E-state index contributed by atoms with van der Waals surface area (Å²) in [5.41, 5.74) is 4.23. The van der Waals surface area contributed by atoms with Crippen molar-refractivity contribution in [1.29, 1.82) is 0 Å². The zero-order valence-corrected chi connectivity index (χ0v) is 16.2. The number of aromatic nitrogens is 2. The molecule has 0 saturated carbocycles. The van der Waals surface area contributed by atoms with Crippen LogP contribution >= 0.6 is 0 Å². The van der Waals surface area contributed by atoms with Crippen LogP contribution in [-0.2, 0) is 11.2 Å². The summed E-state index contributed by atoms with van der Waals surface area (Å²) in [7, 11) is 0. The third-order valence-electron chi connectivity index (χ3n) is 5.64. The smallest absolute Gasteiger partial charge is 0.272 e. The maximum absolute atomic E-state index is 12.8. The van der Waals surface area contributed by atoms with Gasteiger partial charge in [-0.25, -0.2) is 5.10 Å². The number of rotatable bonds is 3. The maximum atomic E-state index is 12.8. The normalized spacial score (nSPS) is 14.5. The van der Waals surface area contributed by atoms with Gasteiger partial charge in [0.15, 0.2) is 0 Å². The number of anilines is 1. The Kier molecular flexibility index (Phi) is 4.86. The highest BCUT2D eigenvalue weighted by Gasteiger charge is 2.23. The second-order valence-corrected chi connectivity index (χ2v) is 7.31. The fraction of sp³-hybridized carbons (Fsp3) is 0.318. The van der Waals surface area contributed by atoms with E-state index in [1.54, 1.807) is 6.07 Å². The predicted octanol–water partition coefficient (Wildman–Crippen LogP) is 2.43. The first-order chi connectivity index (χ1) is 13.5. The van der Waals surface area contributed by atoms with E-state index in [0.717, 1.165) is 18.5 Å². The Balaban J connectivity index is 1.46. The molecule has 3 aromatic rings. The molecular weight excluding hydrogens is 352 g/mol. The van der Waals surface area contributed by atoms with Gasteiger partial charge in [-0.1, -0.05) is 30.3 Å². The molecule has 0 atom stereocenters. The zero-order chi connectivity index (χ0) is 19.7. The molecule has 0 spiro atoms. The fourth-order valence-corrected chi connectivity index (χ4v) is 3.84. The summed E-state index contributed by atoms with van der Waals surface area (Å²) < 4.78 is 0. The van der Waals surface area contributed by atoms with E-state index >= 15 is 0 Å². The minimum atomic E-state index is -0.228. The molecule has 6 heteroatoms. The lowest BCUT2D eigenvalue weighted by Crippen LogP contribution is -2.49. The summed E-state index contributed by atoms with van der Waals surface area (Å²) in [4.78, 5) is 29.0. The standard InChI is InChI=1S/C22H24N4O2/c1-15-6-5-9-20(16(15)2)25-10-12-26(13-11-25)21(27)14-19-17-7-3-4-8-18(17)22(28)24-23-19/h3-9H,10-14H2,1-2H3,(H,24,28). The summed E-state index contributed by atoms with van der Waals surface area (Å²) in [6.45, 7) is 7.28. The first-order valence-corrected chi connectivity index (χ1v) is 9.60. The molecule has 0 radical (unpaired) electrons. The Morgan fingerprint density at radius 1 is 1.00 bits per heavy atom. The zero-order valence-electron chi connectivity index (χ0n) is 16.2. The van der Waals surface area contributed by atoms with E-state index in [1.165, 1.54) is 16.8 Å². The van der Waals surface area contributed by atoms with Crippen LogP contribution in [0.1, 0.15) is 16.8 Å². The van der Waals surface area contributed by atoms with Gasteiger partial charge >= 0.3 is 0 Å². The van der Waals surface area contributed by atoms with Gasteiger partial charge in [-0.05, 0) is 37.1 Å². The van der Waals surface area contributed by atoms with E-state index in [-0.39, 0.29) is 17.9 Å². The van der Waals surface area contributed by atoms with Gasteiger partial charge in [0.2, 0.25) is 5.91 Å². The van der Waals surface area contributed by atoms with Crippen molar-refractivity contribution in [2.24, 2.45) is 0 Å². The number of aromatic amines is 1. The number of carbonyl (C=O) groups excluding carboxylic acids is 1. The van der Waals surface area contributed by atoms with Gasteiger partial charge in [0.1, 0.15) is 0 Å². The molecule has 4 rings (SSSR count). The number of hydrogen-bond donors (Lipinski definition) is 1. The van der Waals surface area contributed by atoms with Crippen LogP contribution in [-0.4, -0.2) is 47.2 Å². The van der Waals surface area contributed by atoms with E-state index in [2.05, 4.69) is 47.1 Å². The lowest BCUT2D eigenvalue weighted by atomic mass is 10.1. The molecule has 1 aliphatic heterocycles. The second kappa shape index (κ2) is 7.46. The van der Waals surface area contributed by atoms with Gasteiger partial charge in [0, 0.05) is 37.3 Å². The van der Waals surface area contributed by atoms with Crippen LogP contribution in [0.25, 0.3) is 10.8 Å². The molecule has 1 saturated heterocycles. The molecular formula is C22H24N4O2. The molecule has 144 valence electrons. The summed E-state index contributed by atoms with van der Waals surface area (Å²) in [5.74, 6) is 0.0466. The van der Waals surface area contributed by atoms with E-state index in [0.29, 0.717) is 24.2 Å². The summed E-state index contributed by atoms with van der Waals surface area (Å²) >= 11 is 0. The molecule has 6 nitrogen and oxygen atoms in total. The third-order valence-corrected chi connectivity index (χ3v) is 5.64. The summed E-state index contributed by atoms with van der Waals surface area (Å²) in [6.07, 6.45) is 0.195. The third kappa shape index (κ3) is 3.38. The molecule has 0 aliphatic carbocycles. The van der Waals surface area contributed by atoms with Crippen molar-refractivity contribution in [3.63, 3.8) is 0 Å². The van der Waals surface area contributed by atoms with E-state index in [9.17, 15) is 9.59 Å². The number of hydrogen-bond acceptors (Lipinski definition) is 4. The van der Waals surface area contributed by atoms with Gasteiger partial charge in [0.05, 0.1) is 17.5 Å². The van der Waals surface area contributed by atoms with Crippen LogP contribution in [0.15, 0.2) is 47.3 Å². The number of nitrogens with one attached hydrogen (secondary N) is 1. The van der Waals surface area contributed by atoms with E-state index in [4.69, 9.17) is 0 Å². The molecule has 2 heterocycles. The number of aryl methyl sites for hydroxylation is 1. The number of carbonyl (C=O) groups is 1. The van der Waals surface area contributed by atoms with Crippen LogP contribution in [0.5, 0.6) is 0 Å². The Morgan fingerprint density at radius 3 is 2.46 bits per heavy atom. The van der Waals surface area contributed by atoms with Gasteiger partial charge in [-0.2, -0.15) is 5.10 Å². The molecule has 0 unspecified atom stereocenters. The highest BCUT2D eigenvalue weighted by molar-refractivity contribution is 5.88. The van der Waals surface area contributed by atoms with Crippen molar-refractivity contribution >= 4 is 22.4 Å². The quantitative estimate of drug-likeness (QED) is 0.762. The van der Waals surface area contributed by atoms with Gasteiger partial charge < -0.3 is 9.80 Å². The van der Waals surface area contributed by atoms with Crippen molar-refractivity contribution in [3.05, 3.63) is 69.6 Å². The van der Waals surface area contributed by atoms with Crippen LogP contribution in [0, 0.1) is 13.8 Å². The average molecular weight is 376 g/mol. The van der Waals surface area contributed by atoms with Crippen molar-refractivity contribution in [1.82, 2.24) is 15.1 Å². The topological polar surface area (TPSA) is 69.3 Å². The van der Waals surface area contributed by atoms with Crippen LogP contribution in [0.4, 0.5) is 5.69 Å². The number of H-pyrrole nitrogens is 1. The molecule has 1 aliphatic rings. The molecule has 1 amide bonds. The Bertz CT molecular complexity index is 1080. The van der Waals surface area contributed by atoms with Crippen LogP contribution < -0.4 is 10.5 Å². The fourth-order valence-electron chi connectivity index (χ4n) is 3.84. The molecule has 1 aromatic heterocycles. The first kappa shape index (κ1) is 18.2. The minimum absolute atomic E-state index is 0.0466. The first-order valence-electron chi connectivity index (χ1n) is 9.60. The minimum Gasteiger partial charge on any atom is -0.368 e. The lowest BCUT2D eigenvalue weighted by Gasteiger charge is -2.37. The molecule has 0 bridgehead atoms. The number of benzene rings is 2. The number of amides is 1. The van der Waals surface area contributed by atoms with Crippen LogP contribution in [0.2, 0.25) is 0 Å². The van der Waals surface area contributed by atoms with Crippen molar-refractivity contribution in [3.8, 4) is 0 Å². The Labute approximate surface area is 163 Å². The largest absolute Gasteiger partial charge is 0.368 e. The van der Waals surface area contributed by atoms with E-state index < -0.39 is 0 Å². The summed E-state index contributed by atoms with van der Waals surface area (Å²) in [6, 6.07) is 13.6. The molecule has 28 heavy (non-hydrogen) atoms. The average Bonchev–Trinajstić information content (AvgIpc) is 2.72. The van der Waals surface area contributed by atoms with Gasteiger partial charge in [-0.15, -0.1) is 0 Å². The molecule has 2 aromatic carbocycles. The number of nitrogens with zero attached hydrogens (tertiary/aromatic N) is 3. The number of fused-ring (bicyclic) bond motifs is 1. The predicted molar refractivity (Wildman–Crippen MR) is 111 cm³/mol. The lowest BCUT2D eigenvalue weighted by molar-refractivity contribution is -0.130. The van der Waals surface area contributed by atoms with Crippen molar-refractivity contribution < 1.29 is 4.79 Å². The monoisotopic (exact) mass is 376 g/mol. The van der Waals surface area contributed by atoms with Gasteiger partial charge in [0.25, 0.3) is 5.56 Å².